The van der Waals surface area contributed by atoms with Crippen molar-refractivity contribution in [2.75, 3.05) is 13.2 Å². The van der Waals surface area contributed by atoms with Crippen molar-refractivity contribution in [2.45, 2.75) is 13.0 Å². The van der Waals surface area contributed by atoms with Crippen LogP contribution >= 0.6 is 0 Å². The van der Waals surface area contributed by atoms with Crippen molar-refractivity contribution in [3.05, 3.63) is 65.5 Å². The largest absolute Gasteiger partial charge is 0.484 e. The average Bonchev–Trinajstić information content (AvgIpc) is 3.15. The topological polar surface area (TPSA) is 89.8 Å². The Kier molecular flexibility index (Phi) is 5.21. The second kappa shape index (κ2) is 7.73. The minimum Gasteiger partial charge on any atom is -0.484 e. The number of furan rings is 1. The number of ether oxygens (including phenoxy) is 2. The molecule has 26 heavy (non-hydrogen) atoms. The van der Waals surface area contributed by atoms with Crippen LogP contribution in [0.3, 0.4) is 0 Å². The third kappa shape index (κ3) is 3.69. The SMILES string of the molecule is CCOC(=O)C1=C(COc2ccccc2F)NC(=O)NC1c1ccco1. The van der Waals surface area contributed by atoms with Gasteiger partial charge in [-0.05, 0) is 31.2 Å². The molecule has 7 nitrogen and oxygen atoms in total. The maximum atomic E-state index is 13.7. The van der Waals surface area contributed by atoms with E-state index < -0.39 is 23.9 Å². The summed E-state index contributed by atoms with van der Waals surface area (Å²) >= 11 is 0. The van der Waals surface area contributed by atoms with E-state index in [9.17, 15) is 14.0 Å². The Morgan fingerprint density at radius 2 is 2.08 bits per heavy atom. The van der Waals surface area contributed by atoms with Gasteiger partial charge in [0.05, 0.1) is 24.1 Å². The van der Waals surface area contributed by atoms with Crippen molar-refractivity contribution in [2.24, 2.45) is 0 Å². The number of hydrogen-bond acceptors (Lipinski definition) is 5. The lowest BCUT2D eigenvalue weighted by atomic mass is 10.0. The summed E-state index contributed by atoms with van der Waals surface area (Å²) < 4.78 is 29.6. The van der Waals surface area contributed by atoms with Gasteiger partial charge in [-0.15, -0.1) is 0 Å². The monoisotopic (exact) mass is 360 g/mol. The van der Waals surface area contributed by atoms with Crippen LogP contribution in [0.4, 0.5) is 9.18 Å². The summed E-state index contributed by atoms with van der Waals surface area (Å²) in [5, 5.41) is 5.14. The smallest absolute Gasteiger partial charge is 0.338 e. The Labute approximate surface area is 148 Å². The van der Waals surface area contributed by atoms with Gasteiger partial charge in [-0.3, -0.25) is 0 Å². The minimum atomic E-state index is -0.836. The first-order chi connectivity index (χ1) is 12.6. The summed E-state index contributed by atoms with van der Waals surface area (Å²) in [6, 6.07) is 7.75. The Balaban J connectivity index is 1.94. The number of rotatable bonds is 6. The summed E-state index contributed by atoms with van der Waals surface area (Å²) in [4.78, 5) is 24.5. The third-order valence-electron chi connectivity index (χ3n) is 3.69. The number of halogens is 1. The maximum Gasteiger partial charge on any atom is 0.338 e. The molecule has 0 radical (unpaired) electrons. The zero-order chi connectivity index (χ0) is 18.5. The van der Waals surface area contributed by atoms with Crippen LogP contribution in [-0.2, 0) is 9.53 Å². The summed E-state index contributed by atoms with van der Waals surface area (Å²) in [6.07, 6.45) is 1.43. The van der Waals surface area contributed by atoms with Gasteiger partial charge >= 0.3 is 12.0 Å². The molecule has 1 atom stereocenters. The van der Waals surface area contributed by atoms with Gasteiger partial charge in [0.2, 0.25) is 0 Å². The van der Waals surface area contributed by atoms with Crippen LogP contribution in [-0.4, -0.2) is 25.2 Å². The third-order valence-corrected chi connectivity index (χ3v) is 3.69. The van der Waals surface area contributed by atoms with Crippen LogP contribution in [0.1, 0.15) is 18.7 Å². The molecule has 2 amide bonds. The molecule has 0 aliphatic carbocycles. The van der Waals surface area contributed by atoms with Crippen LogP contribution in [0, 0.1) is 5.82 Å². The lowest BCUT2D eigenvalue weighted by molar-refractivity contribution is -0.139. The molecule has 2 heterocycles. The number of benzene rings is 1. The zero-order valence-corrected chi connectivity index (χ0v) is 14.0. The van der Waals surface area contributed by atoms with Gasteiger partial charge in [0.1, 0.15) is 18.4 Å². The van der Waals surface area contributed by atoms with Crippen molar-refractivity contribution in [3.8, 4) is 5.75 Å². The standard InChI is InChI=1S/C18H17FN2O5/c1-2-24-17(22)15-12(10-26-13-7-4-3-6-11(13)19)20-18(23)21-16(15)14-8-5-9-25-14/h3-9,16H,2,10H2,1H3,(H2,20,21,23). The van der Waals surface area contributed by atoms with E-state index in [4.69, 9.17) is 13.9 Å². The molecule has 2 aromatic rings. The molecular formula is C18H17FN2O5. The van der Waals surface area contributed by atoms with E-state index in [-0.39, 0.29) is 30.2 Å². The highest BCUT2D eigenvalue weighted by Gasteiger charge is 2.35. The highest BCUT2D eigenvalue weighted by molar-refractivity contribution is 5.95. The second-order valence-corrected chi connectivity index (χ2v) is 5.38. The number of nitrogens with one attached hydrogen (secondary N) is 2. The molecule has 0 spiro atoms. The molecule has 136 valence electrons. The van der Waals surface area contributed by atoms with E-state index in [0.717, 1.165) is 0 Å². The fraction of sp³-hybridized carbons (Fsp3) is 0.222. The number of amides is 2. The van der Waals surface area contributed by atoms with Crippen molar-refractivity contribution >= 4 is 12.0 Å². The second-order valence-electron chi connectivity index (χ2n) is 5.38. The van der Waals surface area contributed by atoms with E-state index >= 15 is 0 Å². The van der Waals surface area contributed by atoms with Crippen molar-refractivity contribution < 1.29 is 27.9 Å². The van der Waals surface area contributed by atoms with Gasteiger partial charge in [-0.1, -0.05) is 12.1 Å². The predicted molar refractivity (Wildman–Crippen MR) is 88.7 cm³/mol. The molecule has 0 saturated carbocycles. The van der Waals surface area contributed by atoms with Gasteiger partial charge < -0.3 is 24.5 Å². The van der Waals surface area contributed by atoms with Gasteiger partial charge in [0, 0.05) is 0 Å². The molecule has 3 rings (SSSR count). The minimum absolute atomic E-state index is 0.00513. The van der Waals surface area contributed by atoms with Crippen molar-refractivity contribution in [1.29, 1.82) is 0 Å². The molecule has 1 aliphatic rings. The van der Waals surface area contributed by atoms with Gasteiger partial charge in [0.15, 0.2) is 11.6 Å². The lowest BCUT2D eigenvalue weighted by Gasteiger charge is -2.27. The summed E-state index contributed by atoms with van der Waals surface area (Å²) in [5.74, 6) is -0.806. The predicted octanol–water partition coefficient (Wildman–Crippen LogP) is 2.67. The van der Waals surface area contributed by atoms with E-state index in [1.165, 1.54) is 24.5 Å². The van der Waals surface area contributed by atoms with E-state index in [0.29, 0.717) is 5.76 Å². The molecule has 1 aromatic heterocycles. The Hall–Kier alpha value is -3.29. The lowest BCUT2D eigenvalue weighted by Crippen LogP contribution is -2.47. The maximum absolute atomic E-state index is 13.7. The van der Waals surface area contributed by atoms with E-state index in [2.05, 4.69) is 10.6 Å². The number of carbonyl (C=O) groups excluding carboxylic acids is 2. The van der Waals surface area contributed by atoms with E-state index in [1.807, 2.05) is 0 Å². The first-order valence-corrected chi connectivity index (χ1v) is 7.98. The quantitative estimate of drug-likeness (QED) is 0.773. The Morgan fingerprint density at radius 1 is 1.27 bits per heavy atom. The molecule has 0 bridgehead atoms. The zero-order valence-electron chi connectivity index (χ0n) is 14.0. The Bertz CT molecular complexity index is 832. The van der Waals surface area contributed by atoms with E-state index in [1.54, 1.807) is 25.1 Å². The van der Waals surface area contributed by atoms with Gasteiger partial charge in [-0.25, -0.2) is 14.0 Å². The highest BCUT2D eigenvalue weighted by atomic mass is 19.1. The molecule has 1 aromatic carbocycles. The number of hydrogen-bond donors (Lipinski definition) is 2. The highest BCUT2D eigenvalue weighted by Crippen LogP contribution is 2.28. The summed E-state index contributed by atoms with van der Waals surface area (Å²) in [6.45, 7) is 1.60. The van der Waals surface area contributed by atoms with Crippen LogP contribution < -0.4 is 15.4 Å². The molecule has 0 fully saturated rings. The van der Waals surface area contributed by atoms with Crippen molar-refractivity contribution in [1.82, 2.24) is 10.6 Å². The number of esters is 1. The Morgan fingerprint density at radius 3 is 2.77 bits per heavy atom. The molecule has 2 N–H and O–H groups in total. The molecule has 1 unspecified atom stereocenters. The number of urea groups is 1. The first kappa shape index (κ1) is 17.5. The first-order valence-electron chi connectivity index (χ1n) is 7.98. The molecule has 0 saturated heterocycles. The fourth-order valence-electron chi connectivity index (χ4n) is 2.56. The summed E-state index contributed by atoms with van der Waals surface area (Å²) in [5.41, 5.74) is 0.314. The van der Waals surface area contributed by atoms with Crippen LogP contribution in [0.25, 0.3) is 0 Å². The van der Waals surface area contributed by atoms with Crippen LogP contribution in [0.2, 0.25) is 0 Å². The molecular weight excluding hydrogens is 343 g/mol. The normalized spacial score (nSPS) is 16.7. The molecule has 8 heteroatoms. The number of para-hydroxylation sites is 1. The van der Waals surface area contributed by atoms with Crippen LogP contribution in [0.15, 0.2) is 58.3 Å². The molecule has 1 aliphatic heterocycles. The summed E-state index contributed by atoms with van der Waals surface area (Å²) in [7, 11) is 0. The number of carbonyl (C=O) groups is 2. The average molecular weight is 360 g/mol. The van der Waals surface area contributed by atoms with Gasteiger partial charge in [0.25, 0.3) is 0 Å². The van der Waals surface area contributed by atoms with Gasteiger partial charge in [-0.2, -0.15) is 0 Å². The fourth-order valence-corrected chi connectivity index (χ4v) is 2.56. The van der Waals surface area contributed by atoms with Crippen molar-refractivity contribution in [3.63, 3.8) is 0 Å². The van der Waals surface area contributed by atoms with Crippen LogP contribution in [0.5, 0.6) is 5.75 Å².